The largest absolute Gasteiger partial charge is 0.466 e. The molecule has 1 aromatic rings. The van der Waals surface area contributed by atoms with Gasteiger partial charge in [0.2, 0.25) is 0 Å². The van der Waals surface area contributed by atoms with Crippen molar-refractivity contribution in [2.75, 3.05) is 6.61 Å². The first-order chi connectivity index (χ1) is 10.2. The number of carbonyl (C=O) groups is 1. The summed E-state index contributed by atoms with van der Waals surface area (Å²) in [5.41, 5.74) is -6.05. The summed E-state index contributed by atoms with van der Waals surface area (Å²) in [6, 6.07) is 3.02. The van der Waals surface area contributed by atoms with Gasteiger partial charge in [0.05, 0.1) is 18.0 Å². The van der Waals surface area contributed by atoms with Crippen LogP contribution >= 0.6 is 11.8 Å². The van der Waals surface area contributed by atoms with Crippen molar-refractivity contribution in [2.24, 2.45) is 0 Å². The fourth-order valence-corrected chi connectivity index (χ4v) is 2.27. The van der Waals surface area contributed by atoms with Gasteiger partial charge in [-0.25, -0.2) is 0 Å². The normalized spacial score (nSPS) is 10.9. The molecule has 0 aliphatic carbocycles. The first kappa shape index (κ1) is 17.8. The van der Waals surface area contributed by atoms with Crippen molar-refractivity contribution in [3.63, 3.8) is 0 Å². The Bertz CT molecular complexity index is 640. The Labute approximate surface area is 127 Å². The predicted octanol–water partition coefficient (Wildman–Crippen LogP) is 3.18. The Morgan fingerprint density at radius 3 is 2.59 bits per heavy atom. The van der Waals surface area contributed by atoms with Crippen LogP contribution in [-0.4, -0.2) is 23.0 Å². The number of benzene rings is 1. The van der Waals surface area contributed by atoms with Crippen LogP contribution in [0.4, 0.5) is 18.9 Å². The second-order valence-corrected chi connectivity index (χ2v) is 4.98. The van der Waals surface area contributed by atoms with Crippen molar-refractivity contribution in [2.45, 2.75) is 23.7 Å². The molecule has 0 atom stereocenters. The number of nitro benzene ring substituents is 1. The number of halogens is 3. The van der Waals surface area contributed by atoms with Gasteiger partial charge in [0.1, 0.15) is 11.6 Å². The second-order valence-electron chi connectivity index (χ2n) is 3.88. The maximum atomic E-state index is 12.5. The number of hydrogen-bond donors (Lipinski definition) is 0. The minimum absolute atomic E-state index is 0.0267. The second kappa shape index (κ2) is 7.13. The van der Waals surface area contributed by atoms with Gasteiger partial charge in [-0.1, -0.05) is 0 Å². The predicted molar refractivity (Wildman–Crippen MR) is 70.1 cm³/mol. The van der Waals surface area contributed by atoms with E-state index < -0.39 is 50.7 Å². The van der Waals surface area contributed by atoms with Crippen LogP contribution in [0.3, 0.4) is 0 Å². The molecule has 0 aliphatic heterocycles. The van der Waals surface area contributed by atoms with Crippen LogP contribution in [0.25, 0.3) is 0 Å². The van der Waals surface area contributed by atoms with E-state index in [2.05, 4.69) is 4.74 Å². The molecule has 0 amide bonds. The molecule has 1 aromatic carbocycles. The van der Waals surface area contributed by atoms with Crippen LogP contribution < -0.4 is 0 Å². The number of thioether (sulfide) groups is 1. The van der Waals surface area contributed by atoms with Crippen molar-refractivity contribution in [3.8, 4) is 6.07 Å². The van der Waals surface area contributed by atoms with E-state index in [1.165, 1.54) is 13.0 Å². The fourth-order valence-electron chi connectivity index (χ4n) is 1.58. The molecular weight excluding hydrogens is 325 g/mol. The minimum atomic E-state index is -4.66. The molecule has 6 nitrogen and oxygen atoms in total. The van der Waals surface area contributed by atoms with Gasteiger partial charge >= 0.3 is 11.5 Å². The molecule has 0 bridgehead atoms. The summed E-state index contributed by atoms with van der Waals surface area (Å²) in [5, 5.41) is 19.7. The van der Waals surface area contributed by atoms with E-state index in [1.807, 2.05) is 0 Å². The number of nitro groups is 1. The maximum Gasteiger partial charge on any atom is 0.446 e. The Morgan fingerprint density at radius 1 is 1.50 bits per heavy atom. The third-order valence-corrected chi connectivity index (χ3v) is 3.19. The molecule has 0 fully saturated rings. The van der Waals surface area contributed by atoms with Gasteiger partial charge in [0.25, 0.3) is 5.69 Å². The Balaban J connectivity index is 3.35. The quantitative estimate of drug-likeness (QED) is 0.355. The van der Waals surface area contributed by atoms with E-state index in [9.17, 15) is 28.1 Å². The smallest absolute Gasteiger partial charge is 0.446 e. The number of ether oxygens (including phenoxy) is 1. The lowest BCUT2D eigenvalue weighted by molar-refractivity contribution is -0.385. The van der Waals surface area contributed by atoms with Crippen molar-refractivity contribution in [1.82, 2.24) is 0 Å². The summed E-state index contributed by atoms with van der Waals surface area (Å²) in [5.74, 6) is -0.814. The van der Waals surface area contributed by atoms with E-state index in [-0.39, 0.29) is 12.2 Å². The summed E-state index contributed by atoms with van der Waals surface area (Å²) in [7, 11) is 0. The average Bonchev–Trinajstić information content (AvgIpc) is 2.38. The third kappa shape index (κ3) is 4.92. The first-order valence-corrected chi connectivity index (χ1v) is 6.62. The molecule has 0 aromatic heterocycles. The Morgan fingerprint density at radius 2 is 2.14 bits per heavy atom. The van der Waals surface area contributed by atoms with Gasteiger partial charge in [0.15, 0.2) is 0 Å². The highest BCUT2D eigenvalue weighted by molar-refractivity contribution is 8.00. The molecule has 22 heavy (non-hydrogen) atoms. The summed E-state index contributed by atoms with van der Waals surface area (Å²) in [6.45, 7) is 1.55. The van der Waals surface area contributed by atoms with Gasteiger partial charge in [0, 0.05) is 11.0 Å². The van der Waals surface area contributed by atoms with Crippen LogP contribution in [0.2, 0.25) is 0 Å². The number of carbonyl (C=O) groups excluding carboxylic acids is 1. The van der Waals surface area contributed by atoms with Crippen LogP contribution in [0, 0.1) is 21.4 Å². The highest BCUT2D eigenvalue weighted by Crippen LogP contribution is 2.40. The fraction of sp³-hybridized carbons (Fsp3) is 0.333. The SMILES string of the molecule is CCOC(=O)Cc1cc([N+](=O)[O-])c(C#N)cc1SC(F)(F)F. The summed E-state index contributed by atoms with van der Waals surface area (Å²) in [6.07, 6.45) is -0.557. The van der Waals surface area contributed by atoms with Crippen molar-refractivity contribution >= 4 is 23.4 Å². The third-order valence-electron chi connectivity index (χ3n) is 2.36. The van der Waals surface area contributed by atoms with Crippen LogP contribution in [0.5, 0.6) is 0 Å². The molecule has 0 spiro atoms. The molecular formula is C12H9F3N2O4S. The minimum Gasteiger partial charge on any atom is -0.466 e. The van der Waals surface area contributed by atoms with Gasteiger partial charge in [-0.15, -0.1) is 0 Å². The zero-order chi connectivity index (χ0) is 16.9. The highest BCUT2D eigenvalue weighted by Gasteiger charge is 2.32. The lowest BCUT2D eigenvalue weighted by Gasteiger charge is -2.11. The molecule has 0 aliphatic rings. The van der Waals surface area contributed by atoms with E-state index in [0.29, 0.717) is 0 Å². The zero-order valence-electron chi connectivity index (χ0n) is 11.1. The average molecular weight is 334 g/mol. The summed E-state index contributed by atoms with van der Waals surface area (Å²) >= 11 is -0.544. The van der Waals surface area contributed by atoms with Crippen molar-refractivity contribution in [3.05, 3.63) is 33.4 Å². The number of esters is 1. The first-order valence-electron chi connectivity index (χ1n) is 5.80. The lowest BCUT2D eigenvalue weighted by Crippen LogP contribution is -2.10. The monoisotopic (exact) mass is 334 g/mol. The van der Waals surface area contributed by atoms with Gasteiger partial charge < -0.3 is 4.74 Å². The van der Waals surface area contributed by atoms with Crippen molar-refractivity contribution < 1.29 is 27.6 Å². The molecule has 1 rings (SSSR count). The number of rotatable bonds is 5. The summed E-state index contributed by atoms with van der Waals surface area (Å²) < 4.78 is 42.2. The van der Waals surface area contributed by atoms with E-state index in [4.69, 9.17) is 5.26 Å². The molecule has 118 valence electrons. The number of hydrogen-bond acceptors (Lipinski definition) is 6. The van der Waals surface area contributed by atoms with Crippen LogP contribution in [0.1, 0.15) is 18.1 Å². The highest BCUT2D eigenvalue weighted by atomic mass is 32.2. The molecule has 0 heterocycles. The molecule has 0 N–H and O–H groups in total. The van der Waals surface area contributed by atoms with Gasteiger partial charge in [-0.05, 0) is 30.3 Å². The summed E-state index contributed by atoms with van der Waals surface area (Å²) in [4.78, 5) is 20.9. The molecule has 10 heteroatoms. The van der Waals surface area contributed by atoms with Gasteiger partial charge in [-0.3, -0.25) is 14.9 Å². The standard InChI is InChI=1S/C12H9F3N2O4S/c1-2-21-11(18)5-7-3-9(17(19)20)8(6-16)4-10(7)22-12(13,14)15/h3-4H,2,5H2,1H3. The van der Waals surface area contributed by atoms with Crippen LogP contribution in [-0.2, 0) is 16.0 Å². The van der Waals surface area contributed by atoms with E-state index >= 15 is 0 Å². The number of nitrogens with zero attached hydrogens (tertiary/aromatic N) is 2. The maximum absolute atomic E-state index is 12.5. The topological polar surface area (TPSA) is 93.2 Å². The molecule has 0 saturated heterocycles. The number of nitriles is 1. The van der Waals surface area contributed by atoms with E-state index in [1.54, 1.807) is 0 Å². The Hall–Kier alpha value is -2.28. The molecule has 0 radical (unpaired) electrons. The zero-order valence-corrected chi connectivity index (χ0v) is 12.0. The Kier molecular flexibility index (Phi) is 5.76. The molecule has 0 unspecified atom stereocenters. The van der Waals surface area contributed by atoms with Gasteiger partial charge in [-0.2, -0.15) is 18.4 Å². The van der Waals surface area contributed by atoms with E-state index in [0.717, 1.165) is 12.1 Å². The number of alkyl halides is 3. The molecule has 0 saturated carbocycles. The lowest BCUT2D eigenvalue weighted by atomic mass is 10.1. The van der Waals surface area contributed by atoms with Crippen molar-refractivity contribution in [1.29, 1.82) is 5.26 Å². The van der Waals surface area contributed by atoms with Crippen LogP contribution in [0.15, 0.2) is 17.0 Å².